The van der Waals surface area contributed by atoms with E-state index in [1.54, 1.807) is 0 Å². The van der Waals surface area contributed by atoms with Gasteiger partial charge in [0.2, 0.25) is 0 Å². The molecular weight excluding hydrogens is 239 g/mol. The van der Waals surface area contributed by atoms with Gasteiger partial charge in [0, 0.05) is 23.2 Å². The molecule has 0 saturated carbocycles. The Bertz CT molecular complexity index is 215. The van der Waals surface area contributed by atoms with Gasteiger partial charge in [-0.25, -0.2) is 9.59 Å². The second-order valence-electron chi connectivity index (χ2n) is 1.46. The minimum Gasteiger partial charge on any atom is -0.351 e. The quantitative estimate of drug-likeness (QED) is 0.559. The van der Waals surface area contributed by atoms with Crippen molar-refractivity contribution in [3.63, 3.8) is 0 Å². The standard InChI is InChI=1S/C6H4Cl2O4S/c7-3-1-5(9)11-13-12-6(10)2-4-8/h1-4H. The van der Waals surface area contributed by atoms with E-state index in [1.165, 1.54) is 0 Å². The molecule has 0 radical (unpaired) electrons. The second kappa shape index (κ2) is 7.97. The van der Waals surface area contributed by atoms with Crippen LogP contribution in [0.15, 0.2) is 23.2 Å². The average molecular weight is 243 g/mol. The molecule has 0 atom stereocenters. The lowest BCUT2D eigenvalue weighted by atomic mass is 10.7. The van der Waals surface area contributed by atoms with Crippen molar-refractivity contribution in [1.29, 1.82) is 0 Å². The predicted octanol–water partition coefficient (Wildman–Crippen LogP) is 2.14. The van der Waals surface area contributed by atoms with Crippen LogP contribution in [0.1, 0.15) is 0 Å². The van der Waals surface area contributed by atoms with Crippen LogP contribution in [-0.2, 0) is 18.0 Å². The van der Waals surface area contributed by atoms with Gasteiger partial charge in [-0.1, -0.05) is 23.2 Å². The fourth-order valence-corrected chi connectivity index (χ4v) is 0.727. The molecule has 0 aromatic rings. The number of rotatable bonds is 4. The van der Waals surface area contributed by atoms with Gasteiger partial charge in [0.05, 0.1) is 0 Å². The summed E-state index contributed by atoms with van der Waals surface area (Å²) in [5.74, 6) is -1.47. The molecule has 0 aromatic carbocycles. The van der Waals surface area contributed by atoms with Crippen molar-refractivity contribution in [3.05, 3.63) is 23.2 Å². The first-order valence-corrected chi connectivity index (χ1v) is 4.37. The molecule has 7 heteroatoms. The molecule has 0 bridgehead atoms. The van der Waals surface area contributed by atoms with Crippen molar-refractivity contribution < 1.29 is 18.0 Å². The fraction of sp³-hybridized carbons (Fsp3) is 0. The molecule has 0 aliphatic carbocycles. The molecule has 0 aliphatic rings. The summed E-state index contributed by atoms with van der Waals surface area (Å²) in [4.78, 5) is 21.1. The maximum Gasteiger partial charge on any atom is 0.346 e. The van der Waals surface area contributed by atoms with Gasteiger partial charge in [-0.2, -0.15) is 0 Å². The van der Waals surface area contributed by atoms with Gasteiger partial charge in [-0.15, -0.1) is 0 Å². The summed E-state index contributed by atoms with van der Waals surface area (Å²) in [6.45, 7) is 0. The van der Waals surface area contributed by atoms with Crippen LogP contribution < -0.4 is 0 Å². The summed E-state index contributed by atoms with van der Waals surface area (Å²) in [7, 11) is 0. The van der Waals surface area contributed by atoms with E-state index in [1.807, 2.05) is 0 Å². The van der Waals surface area contributed by atoms with Gasteiger partial charge in [-0.05, 0) is 0 Å². The molecule has 0 N–H and O–H groups in total. The van der Waals surface area contributed by atoms with Gasteiger partial charge in [-0.3, -0.25) is 0 Å². The number of carbonyl (C=O) groups is 2. The molecule has 0 spiro atoms. The Labute approximate surface area is 88.9 Å². The van der Waals surface area contributed by atoms with Gasteiger partial charge >= 0.3 is 11.9 Å². The summed E-state index contributed by atoms with van der Waals surface area (Å²) < 4.78 is 8.57. The topological polar surface area (TPSA) is 52.6 Å². The van der Waals surface area contributed by atoms with Crippen LogP contribution in [0.25, 0.3) is 0 Å². The minimum absolute atomic E-state index is 0.230. The van der Waals surface area contributed by atoms with E-state index in [2.05, 4.69) is 8.37 Å². The van der Waals surface area contributed by atoms with Gasteiger partial charge in [0.1, 0.15) is 0 Å². The number of hydrogen-bond donors (Lipinski definition) is 0. The normalized spacial score (nSPS) is 10.6. The monoisotopic (exact) mass is 242 g/mol. The van der Waals surface area contributed by atoms with Crippen molar-refractivity contribution in [3.8, 4) is 0 Å². The van der Waals surface area contributed by atoms with Crippen molar-refractivity contribution >= 4 is 47.5 Å². The zero-order chi connectivity index (χ0) is 10.1. The molecule has 0 fully saturated rings. The Morgan fingerprint density at radius 1 is 1.00 bits per heavy atom. The van der Waals surface area contributed by atoms with Crippen molar-refractivity contribution in [2.24, 2.45) is 0 Å². The summed E-state index contributed by atoms with van der Waals surface area (Å²) >= 11 is 10.4. The van der Waals surface area contributed by atoms with Crippen LogP contribution in [0.5, 0.6) is 0 Å². The van der Waals surface area contributed by atoms with Crippen LogP contribution in [0, 0.1) is 0 Å². The van der Waals surface area contributed by atoms with Crippen LogP contribution in [0.2, 0.25) is 0 Å². The lowest BCUT2D eigenvalue weighted by Crippen LogP contribution is -1.97. The van der Waals surface area contributed by atoms with E-state index in [0.29, 0.717) is 0 Å². The van der Waals surface area contributed by atoms with Gasteiger partial charge < -0.3 is 8.37 Å². The Kier molecular flexibility index (Phi) is 7.57. The lowest BCUT2D eigenvalue weighted by Gasteiger charge is -1.95. The second-order valence-corrected chi connectivity index (χ2v) is 2.43. The van der Waals surface area contributed by atoms with E-state index in [9.17, 15) is 9.59 Å². The highest BCUT2D eigenvalue weighted by atomic mass is 35.5. The third-order valence-corrected chi connectivity index (χ3v) is 1.35. The maximum atomic E-state index is 10.5. The molecule has 72 valence electrons. The molecule has 4 nitrogen and oxygen atoms in total. The third kappa shape index (κ3) is 7.70. The van der Waals surface area contributed by atoms with Crippen molar-refractivity contribution in [2.75, 3.05) is 0 Å². The molecule has 0 unspecified atom stereocenters. The lowest BCUT2D eigenvalue weighted by molar-refractivity contribution is -0.130. The first-order valence-electron chi connectivity index (χ1n) is 2.83. The molecule has 0 aliphatic heterocycles. The predicted molar refractivity (Wildman–Crippen MR) is 49.8 cm³/mol. The molecule has 0 rings (SSSR count). The zero-order valence-electron chi connectivity index (χ0n) is 6.11. The largest absolute Gasteiger partial charge is 0.351 e. The SMILES string of the molecule is O=C(C=CCl)OSOC(=O)C=CCl. The maximum absolute atomic E-state index is 10.5. The van der Waals surface area contributed by atoms with E-state index < -0.39 is 11.9 Å². The van der Waals surface area contributed by atoms with Crippen molar-refractivity contribution in [1.82, 2.24) is 0 Å². The van der Waals surface area contributed by atoms with E-state index >= 15 is 0 Å². The first-order chi connectivity index (χ1) is 6.20. The Hall–Kier alpha value is -0.650. The van der Waals surface area contributed by atoms with Crippen LogP contribution in [0.4, 0.5) is 0 Å². The highest BCUT2D eigenvalue weighted by Gasteiger charge is 2.02. The highest BCUT2D eigenvalue weighted by Crippen LogP contribution is 2.06. The molecule has 0 aromatic heterocycles. The highest BCUT2D eigenvalue weighted by molar-refractivity contribution is 7.90. The smallest absolute Gasteiger partial charge is 0.346 e. The van der Waals surface area contributed by atoms with Gasteiger partial charge in [0.15, 0.2) is 0 Å². The number of hydrogen-bond acceptors (Lipinski definition) is 5. The van der Waals surface area contributed by atoms with Crippen molar-refractivity contribution in [2.45, 2.75) is 0 Å². The molecule has 0 saturated heterocycles. The van der Waals surface area contributed by atoms with Crippen LogP contribution >= 0.6 is 35.5 Å². The molecular formula is C6H4Cl2O4S. The summed E-state index contributed by atoms with van der Waals surface area (Å²) in [6, 6.07) is 0. The van der Waals surface area contributed by atoms with E-state index in [0.717, 1.165) is 23.2 Å². The Morgan fingerprint density at radius 3 is 1.69 bits per heavy atom. The Morgan fingerprint density at radius 2 is 1.38 bits per heavy atom. The average Bonchev–Trinajstić information content (AvgIpc) is 2.05. The van der Waals surface area contributed by atoms with Gasteiger partial charge in [0.25, 0.3) is 12.3 Å². The summed E-state index contributed by atoms with van der Waals surface area (Å²) in [5.41, 5.74) is 1.95. The van der Waals surface area contributed by atoms with E-state index in [-0.39, 0.29) is 12.3 Å². The fourth-order valence-electron chi connectivity index (χ4n) is 0.242. The first kappa shape index (κ1) is 12.3. The van der Waals surface area contributed by atoms with E-state index in [4.69, 9.17) is 23.2 Å². The molecule has 0 amide bonds. The van der Waals surface area contributed by atoms with Crippen LogP contribution in [-0.4, -0.2) is 11.9 Å². The zero-order valence-corrected chi connectivity index (χ0v) is 8.43. The number of carbonyl (C=O) groups excluding carboxylic acids is 2. The summed E-state index contributed by atoms with van der Waals surface area (Å²) in [6.07, 6.45) is 1.92. The van der Waals surface area contributed by atoms with Crippen LogP contribution in [0.3, 0.4) is 0 Å². The molecule has 0 heterocycles. The number of halogens is 2. The Balaban J connectivity index is 3.56. The minimum atomic E-state index is -0.734. The molecule has 13 heavy (non-hydrogen) atoms. The summed E-state index contributed by atoms with van der Waals surface area (Å²) in [5, 5.41) is 0. The third-order valence-electron chi connectivity index (χ3n) is 0.630.